The fourth-order valence-corrected chi connectivity index (χ4v) is 2.88. The Balaban J connectivity index is 1.59. The van der Waals surface area contributed by atoms with Crippen LogP contribution in [0.25, 0.3) is 0 Å². The molecule has 2 aromatic rings. The van der Waals surface area contributed by atoms with E-state index in [0.717, 1.165) is 10.6 Å². The monoisotopic (exact) mass is 385 g/mol. The first-order valence-corrected chi connectivity index (χ1v) is 8.64. The summed E-state index contributed by atoms with van der Waals surface area (Å²) in [5.41, 5.74) is 1.54. The Morgan fingerprint density at radius 1 is 1.04 bits per heavy atom. The van der Waals surface area contributed by atoms with Crippen molar-refractivity contribution < 1.29 is 24.3 Å². The highest BCUT2D eigenvalue weighted by atomic mass is 16.9. The minimum Gasteiger partial charge on any atom is -0.492 e. The van der Waals surface area contributed by atoms with E-state index in [1.54, 1.807) is 6.07 Å². The van der Waals surface area contributed by atoms with Crippen molar-refractivity contribution in [2.24, 2.45) is 0 Å². The molecule has 146 valence electrons. The van der Waals surface area contributed by atoms with E-state index in [0.29, 0.717) is 18.9 Å². The van der Waals surface area contributed by atoms with E-state index in [4.69, 9.17) is 4.74 Å². The molecule has 0 saturated heterocycles. The normalized spacial score (nSPS) is 12.7. The summed E-state index contributed by atoms with van der Waals surface area (Å²) in [6.45, 7) is 0.476. The van der Waals surface area contributed by atoms with Gasteiger partial charge in [-0.2, -0.15) is 0 Å². The molecule has 0 N–H and O–H groups in total. The van der Waals surface area contributed by atoms with Gasteiger partial charge in [-0.05, 0) is 30.3 Å². The van der Waals surface area contributed by atoms with Crippen molar-refractivity contribution in [3.8, 4) is 5.75 Å². The number of carbonyl (C=O) groups excluding carboxylic acids is 2. The van der Waals surface area contributed by atoms with Crippen LogP contribution in [-0.2, 0) is 4.84 Å². The maximum absolute atomic E-state index is 12.4. The first-order valence-electron chi connectivity index (χ1n) is 8.64. The van der Waals surface area contributed by atoms with E-state index in [1.165, 1.54) is 12.1 Å². The van der Waals surface area contributed by atoms with Crippen LogP contribution in [0.15, 0.2) is 48.5 Å². The predicted molar refractivity (Wildman–Crippen MR) is 100.0 cm³/mol. The molecule has 9 nitrogen and oxygen atoms in total. The Labute approximate surface area is 161 Å². The number of carbonyl (C=O) groups is 2. The predicted octanol–water partition coefficient (Wildman–Crippen LogP) is 2.01. The summed E-state index contributed by atoms with van der Waals surface area (Å²) in [6, 6.07) is 14.5. The fraction of sp³-hybridized carbons (Fsp3) is 0.263. The highest BCUT2D eigenvalue weighted by Gasteiger charge is 2.35. The topological polar surface area (TPSA) is 102 Å². The van der Waals surface area contributed by atoms with Crippen molar-refractivity contribution >= 4 is 17.5 Å². The largest absolute Gasteiger partial charge is 0.492 e. The van der Waals surface area contributed by atoms with Crippen LogP contribution < -0.4 is 9.64 Å². The summed E-state index contributed by atoms with van der Waals surface area (Å²) < 4.78 is 5.72. The number of hydrogen-bond donors (Lipinski definition) is 0. The van der Waals surface area contributed by atoms with Crippen LogP contribution in [0.1, 0.15) is 20.7 Å². The number of anilines is 1. The van der Waals surface area contributed by atoms with Crippen molar-refractivity contribution in [1.82, 2.24) is 4.90 Å². The molecule has 0 fully saturated rings. The molecule has 1 heterocycles. The zero-order chi connectivity index (χ0) is 20.1. The van der Waals surface area contributed by atoms with Gasteiger partial charge in [-0.15, -0.1) is 10.1 Å². The molecule has 2 aromatic carbocycles. The van der Waals surface area contributed by atoms with E-state index < -0.39 is 16.9 Å². The lowest BCUT2D eigenvalue weighted by Gasteiger charge is -2.19. The zero-order valence-electron chi connectivity index (χ0n) is 15.2. The number of likely N-dealkylation sites (N-methyl/N-ethyl adjacent to an activating group) is 1. The lowest BCUT2D eigenvalue weighted by atomic mass is 10.1. The number of imide groups is 1. The number of hydrogen-bond acceptors (Lipinski definition) is 7. The van der Waals surface area contributed by atoms with Gasteiger partial charge in [0.25, 0.3) is 16.9 Å². The molecule has 0 bridgehead atoms. The Hall–Kier alpha value is -3.62. The molecule has 3 rings (SSSR count). The first kappa shape index (κ1) is 19.2. The second kappa shape index (κ2) is 8.38. The minimum atomic E-state index is -0.962. The Kier molecular flexibility index (Phi) is 5.73. The number of nitrogens with zero attached hydrogens (tertiary/aromatic N) is 3. The third-order valence-corrected chi connectivity index (χ3v) is 4.35. The van der Waals surface area contributed by atoms with Crippen molar-refractivity contribution in [3.05, 3.63) is 69.8 Å². The Morgan fingerprint density at radius 2 is 1.75 bits per heavy atom. The molecule has 28 heavy (non-hydrogen) atoms. The molecule has 0 spiro atoms. The van der Waals surface area contributed by atoms with Gasteiger partial charge >= 0.3 is 0 Å². The average molecular weight is 385 g/mol. The summed E-state index contributed by atoms with van der Waals surface area (Å²) in [6.07, 6.45) is 0. The van der Waals surface area contributed by atoms with Crippen LogP contribution in [-0.4, -0.2) is 55.2 Å². The van der Waals surface area contributed by atoms with Gasteiger partial charge in [-0.1, -0.05) is 18.2 Å². The maximum Gasteiger partial charge on any atom is 0.294 e. The summed E-state index contributed by atoms with van der Waals surface area (Å²) in [4.78, 5) is 42.1. The van der Waals surface area contributed by atoms with Gasteiger partial charge in [-0.3, -0.25) is 14.5 Å². The first-order chi connectivity index (χ1) is 13.5. The van der Waals surface area contributed by atoms with E-state index in [2.05, 4.69) is 4.84 Å². The summed E-state index contributed by atoms with van der Waals surface area (Å²) in [7, 11) is 1.95. The summed E-state index contributed by atoms with van der Waals surface area (Å²) >= 11 is 0. The van der Waals surface area contributed by atoms with Gasteiger partial charge in [0.15, 0.2) is 0 Å². The Morgan fingerprint density at radius 3 is 2.46 bits per heavy atom. The van der Waals surface area contributed by atoms with Crippen LogP contribution in [0.5, 0.6) is 5.75 Å². The number of rotatable bonds is 9. The van der Waals surface area contributed by atoms with E-state index in [1.807, 2.05) is 42.3 Å². The highest BCUT2D eigenvalue weighted by molar-refractivity contribution is 6.21. The van der Waals surface area contributed by atoms with Crippen molar-refractivity contribution in [2.45, 2.75) is 0 Å². The average Bonchev–Trinajstić information content (AvgIpc) is 2.93. The van der Waals surface area contributed by atoms with E-state index in [-0.39, 0.29) is 24.3 Å². The zero-order valence-corrected chi connectivity index (χ0v) is 15.2. The van der Waals surface area contributed by atoms with Gasteiger partial charge < -0.3 is 14.5 Å². The standard InChI is InChI=1S/C19H19N3O6/c1-20(14-5-3-2-4-6-14)9-11-27-15-7-8-16-17(13-15)19(24)21(18(16)23)10-12-28-22(25)26/h2-8,13H,9-12H2,1H3. The van der Waals surface area contributed by atoms with Gasteiger partial charge in [-0.25, -0.2) is 0 Å². The molecule has 0 saturated carbocycles. The Bertz CT molecular complexity index is 886. The summed E-state index contributed by atoms with van der Waals surface area (Å²) in [5.74, 6) is -0.536. The van der Waals surface area contributed by atoms with E-state index >= 15 is 0 Å². The maximum atomic E-state index is 12.4. The van der Waals surface area contributed by atoms with Crippen LogP contribution >= 0.6 is 0 Å². The molecule has 1 aliphatic heterocycles. The van der Waals surface area contributed by atoms with Crippen molar-refractivity contribution in [1.29, 1.82) is 0 Å². The van der Waals surface area contributed by atoms with Crippen LogP contribution in [0.2, 0.25) is 0 Å². The molecule has 9 heteroatoms. The van der Waals surface area contributed by atoms with E-state index in [9.17, 15) is 19.7 Å². The molecule has 0 unspecified atom stereocenters. The third kappa shape index (κ3) is 4.20. The molecular weight excluding hydrogens is 366 g/mol. The number of amides is 2. The fourth-order valence-electron chi connectivity index (χ4n) is 2.88. The van der Waals surface area contributed by atoms with Gasteiger partial charge in [0.1, 0.15) is 19.0 Å². The summed E-state index contributed by atoms with van der Waals surface area (Å²) in [5, 5.41) is 9.25. The number of para-hydroxylation sites is 1. The second-order valence-electron chi connectivity index (χ2n) is 6.13. The third-order valence-electron chi connectivity index (χ3n) is 4.35. The smallest absolute Gasteiger partial charge is 0.294 e. The lowest BCUT2D eigenvalue weighted by molar-refractivity contribution is -0.757. The van der Waals surface area contributed by atoms with Crippen LogP contribution in [0.4, 0.5) is 5.69 Å². The molecule has 0 atom stereocenters. The molecule has 1 aliphatic rings. The molecule has 2 amide bonds. The number of fused-ring (bicyclic) bond motifs is 1. The molecule has 0 aliphatic carbocycles. The van der Waals surface area contributed by atoms with Crippen LogP contribution in [0.3, 0.4) is 0 Å². The SMILES string of the molecule is CN(CCOc1ccc2c(c1)C(=O)N(CCO[N+](=O)[O-])C2=O)c1ccccc1. The highest BCUT2D eigenvalue weighted by Crippen LogP contribution is 2.26. The number of ether oxygens (including phenoxy) is 1. The van der Waals surface area contributed by atoms with Crippen LogP contribution in [0, 0.1) is 10.1 Å². The second-order valence-corrected chi connectivity index (χ2v) is 6.13. The van der Waals surface area contributed by atoms with Crippen molar-refractivity contribution in [3.63, 3.8) is 0 Å². The molecule has 0 radical (unpaired) electrons. The van der Waals surface area contributed by atoms with Crippen molar-refractivity contribution in [2.75, 3.05) is 38.3 Å². The molecular formula is C19H19N3O6. The quantitative estimate of drug-likeness (QED) is 0.370. The molecule has 0 aromatic heterocycles. The van der Waals surface area contributed by atoms with Gasteiger partial charge in [0.05, 0.1) is 24.2 Å². The van der Waals surface area contributed by atoms with Gasteiger partial charge in [0, 0.05) is 12.7 Å². The number of benzene rings is 2. The van der Waals surface area contributed by atoms with Gasteiger partial charge in [0.2, 0.25) is 0 Å². The minimum absolute atomic E-state index is 0.189. The lowest BCUT2D eigenvalue weighted by Crippen LogP contribution is -2.33.